The fourth-order valence-corrected chi connectivity index (χ4v) is 1.84. The Balaban J connectivity index is 0. The second-order valence-electron chi connectivity index (χ2n) is 5.11. The Labute approximate surface area is 130 Å². The zero-order chi connectivity index (χ0) is 16.2. The van der Waals surface area contributed by atoms with Crippen molar-refractivity contribution in [3.8, 4) is 0 Å². The molecule has 0 aliphatic carbocycles. The predicted octanol–water partition coefficient (Wildman–Crippen LogP) is 5.10. The second-order valence-corrected chi connectivity index (χ2v) is 5.11. The van der Waals surface area contributed by atoms with Crippen molar-refractivity contribution >= 4 is 5.97 Å². The van der Waals surface area contributed by atoms with Crippen LogP contribution in [0, 0.1) is 0 Å². The molecule has 0 saturated carbocycles. The third kappa shape index (κ3) is 27.9. The number of aliphatic carboxylic acids is 1. The number of carbonyl (C=O) groups is 1. The van der Waals surface area contributed by atoms with Crippen LogP contribution < -0.4 is 0 Å². The minimum Gasteiger partial charge on any atom is -0.481 e. The smallest absolute Gasteiger partial charge is 0.303 e. The molecule has 0 fully saturated rings. The van der Waals surface area contributed by atoms with Crippen molar-refractivity contribution in [1.82, 2.24) is 0 Å². The fraction of sp³-hybridized carbons (Fsp3) is 0.722. The molecule has 0 radical (unpaired) electrons. The minimum absolute atomic E-state index is 0.129. The maximum atomic E-state index is 10.2. The third-order valence-electron chi connectivity index (χ3n) is 3.04. The molecule has 0 unspecified atom stereocenters. The van der Waals surface area contributed by atoms with Gasteiger partial charge < -0.3 is 10.2 Å². The van der Waals surface area contributed by atoms with E-state index in [1.165, 1.54) is 44.9 Å². The van der Waals surface area contributed by atoms with Crippen LogP contribution in [0.3, 0.4) is 0 Å². The van der Waals surface area contributed by atoms with Gasteiger partial charge in [0.25, 0.3) is 0 Å². The molecule has 21 heavy (non-hydrogen) atoms. The van der Waals surface area contributed by atoms with Gasteiger partial charge in [-0.2, -0.15) is 0 Å². The largest absolute Gasteiger partial charge is 0.481 e. The van der Waals surface area contributed by atoms with E-state index in [1.807, 2.05) is 19.1 Å². The van der Waals surface area contributed by atoms with Crippen LogP contribution in [0.2, 0.25) is 0 Å². The van der Waals surface area contributed by atoms with Gasteiger partial charge in [-0.1, -0.05) is 82.6 Å². The predicted molar refractivity (Wildman–Crippen MR) is 90.5 cm³/mol. The molecule has 0 aliphatic heterocycles. The van der Waals surface area contributed by atoms with Gasteiger partial charge in [-0.15, -0.1) is 0 Å². The first-order chi connectivity index (χ1) is 10.2. The van der Waals surface area contributed by atoms with Gasteiger partial charge in [-0.05, 0) is 13.3 Å². The molecule has 0 atom stereocenters. The summed E-state index contributed by atoms with van der Waals surface area (Å²) in [6.45, 7) is 4.29. The summed E-state index contributed by atoms with van der Waals surface area (Å²) < 4.78 is 0. The lowest BCUT2D eigenvalue weighted by molar-refractivity contribution is -0.137. The summed E-state index contributed by atoms with van der Waals surface area (Å²) in [5.41, 5.74) is 0. The lowest BCUT2D eigenvalue weighted by atomic mass is 10.1. The van der Waals surface area contributed by atoms with Crippen LogP contribution in [0.4, 0.5) is 0 Å². The van der Waals surface area contributed by atoms with Gasteiger partial charge in [-0.3, -0.25) is 4.79 Å². The summed E-state index contributed by atoms with van der Waals surface area (Å²) in [6.07, 6.45) is 18.7. The Morgan fingerprint density at radius 3 is 1.86 bits per heavy atom. The average Bonchev–Trinajstić information content (AvgIpc) is 2.46. The van der Waals surface area contributed by atoms with E-state index in [4.69, 9.17) is 10.2 Å². The summed E-state index contributed by atoms with van der Waals surface area (Å²) >= 11 is 0. The molecule has 2 N–H and O–H groups in total. The Hall–Kier alpha value is -1.09. The molecule has 0 aromatic heterocycles. The van der Waals surface area contributed by atoms with Gasteiger partial charge in [0.2, 0.25) is 0 Å². The van der Waals surface area contributed by atoms with E-state index in [0.717, 1.165) is 12.8 Å². The van der Waals surface area contributed by atoms with Crippen molar-refractivity contribution in [3.05, 3.63) is 24.3 Å². The highest BCUT2D eigenvalue weighted by molar-refractivity contribution is 5.66. The van der Waals surface area contributed by atoms with Gasteiger partial charge in [0.15, 0.2) is 0 Å². The SMILES string of the molecule is C/C=C/C=C/CO.CCCCCCCCCCCC(=O)O. The van der Waals surface area contributed by atoms with Gasteiger partial charge in [0.05, 0.1) is 6.61 Å². The van der Waals surface area contributed by atoms with Crippen molar-refractivity contribution in [2.24, 2.45) is 0 Å². The van der Waals surface area contributed by atoms with Crippen LogP contribution >= 0.6 is 0 Å². The summed E-state index contributed by atoms with van der Waals surface area (Å²) in [4.78, 5) is 10.2. The molecule has 0 aliphatic rings. The van der Waals surface area contributed by atoms with Gasteiger partial charge in [0.1, 0.15) is 0 Å². The molecule has 0 bridgehead atoms. The van der Waals surface area contributed by atoms with E-state index in [0.29, 0.717) is 6.42 Å². The zero-order valence-electron chi connectivity index (χ0n) is 13.9. The van der Waals surface area contributed by atoms with E-state index in [2.05, 4.69) is 6.92 Å². The number of aliphatic hydroxyl groups excluding tert-OH is 1. The maximum absolute atomic E-state index is 10.2. The molecule has 0 aromatic rings. The van der Waals surface area contributed by atoms with E-state index in [1.54, 1.807) is 12.2 Å². The molecule has 0 rings (SSSR count). The van der Waals surface area contributed by atoms with Crippen LogP contribution in [0.25, 0.3) is 0 Å². The molecule has 3 heteroatoms. The summed E-state index contributed by atoms with van der Waals surface area (Å²) in [7, 11) is 0. The first-order valence-electron chi connectivity index (χ1n) is 8.29. The first kappa shape index (κ1) is 22.2. The molecule has 0 amide bonds. The lowest BCUT2D eigenvalue weighted by Crippen LogP contribution is -1.93. The Bertz CT molecular complexity index is 257. The minimum atomic E-state index is -0.659. The molecule has 0 aromatic carbocycles. The number of aliphatic hydroxyl groups is 1. The highest BCUT2D eigenvalue weighted by Gasteiger charge is 1.96. The van der Waals surface area contributed by atoms with Crippen LogP contribution in [0.5, 0.6) is 0 Å². The second kappa shape index (κ2) is 21.2. The van der Waals surface area contributed by atoms with E-state index < -0.39 is 5.97 Å². The number of rotatable bonds is 12. The number of allylic oxidation sites excluding steroid dienone is 3. The number of carboxylic acid groups (broad SMARTS) is 1. The zero-order valence-corrected chi connectivity index (χ0v) is 13.9. The first-order valence-corrected chi connectivity index (χ1v) is 8.29. The maximum Gasteiger partial charge on any atom is 0.303 e. The molecule has 3 nitrogen and oxygen atoms in total. The summed E-state index contributed by atoms with van der Waals surface area (Å²) in [5.74, 6) is -0.659. The van der Waals surface area contributed by atoms with Crippen molar-refractivity contribution in [1.29, 1.82) is 0 Å². The van der Waals surface area contributed by atoms with E-state index in [9.17, 15) is 4.79 Å². The fourth-order valence-electron chi connectivity index (χ4n) is 1.84. The van der Waals surface area contributed by atoms with Crippen molar-refractivity contribution in [2.75, 3.05) is 6.61 Å². The quantitative estimate of drug-likeness (QED) is 0.389. The van der Waals surface area contributed by atoms with Gasteiger partial charge in [-0.25, -0.2) is 0 Å². The van der Waals surface area contributed by atoms with Gasteiger partial charge in [0, 0.05) is 6.42 Å². The Kier molecular flexibility index (Phi) is 22.4. The number of carboxylic acids is 1. The monoisotopic (exact) mass is 298 g/mol. The Morgan fingerprint density at radius 1 is 0.905 bits per heavy atom. The molecular weight excluding hydrogens is 264 g/mol. The third-order valence-corrected chi connectivity index (χ3v) is 3.04. The topological polar surface area (TPSA) is 57.5 Å². The highest BCUT2D eigenvalue weighted by atomic mass is 16.4. The van der Waals surface area contributed by atoms with Crippen molar-refractivity contribution in [3.63, 3.8) is 0 Å². The van der Waals surface area contributed by atoms with Crippen LogP contribution in [0.15, 0.2) is 24.3 Å². The lowest BCUT2D eigenvalue weighted by Gasteiger charge is -2.00. The molecule has 124 valence electrons. The average molecular weight is 298 g/mol. The van der Waals surface area contributed by atoms with Crippen LogP contribution in [-0.2, 0) is 4.79 Å². The molecule has 0 heterocycles. The van der Waals surface area contributed by atoms with Crippen molar-refractivity contribution in [2.45, 2.75) is 78.1 Å². The molecule has 0 saturated heterocycles. The van der Waals surface area contributed by atoms with Crippen molar-refractivity contribution < 1.29 is 15.0 Å². The number of hydrogen-bond acceptors (Lipinski definition) is 2. The number of unbranched alkanes of at least 4 members (excludes halogenated alkanes) is 8. The van der Waals surface area contributed by atoms with Gasteiger partial charge >= 0.3 is 5.97 Å². The Morgan fingerprint density at radius 2 is 1.43 bits per heavy atom. The number of hydrogen-bond donors (Lipinski definition) is 2. The standard InChI is InChI=1S/C12H24O2.C6H10O/c1-2-3-4-5-6-7-8-9-10-11-12(13)14;1-2-3-4-5-6-7/h2-11H2,1H3,(H,13,14);2-5,7H,6H2,1H3/b;3-2+,5-4+. The normalized spacial score (nSPS) is 10.8. The van der Waals surface area contributed by atoms with Crippen LogP contribution in [-0.4, -0.2) is 22.8 Å². The summed E-state index contributed by atoms with van der Waals surface area (Å²) in [5, 5.41) is 16.6. The van der Waals surface area contributed by atoms with E-state index >= 15 is 0 Å². The summed E-state index contributed by atoms with van der Waals surface area (Å²) in [6, 6.07) is 0. The highest BCUT2D eigenvalue weighted by Crippen LogP contribution is 2.10. The van der Waals surface area contributed by atoms with Crippen LogP contribution in [0.1, 0.15) is 78.1 Å². The molecular formula is C18H34O3. The van der Waals surface area contributed by atoms with E-state index in [-0.39, 0.29) is 6.61 Å². The molecule has 0 spiro atoms.